The van der Waals surface area contributed by atoms with E-state index in [1.807, 2.05) is 0 Å². The lowest BCUT2D eigenvalue weighted by Gasteiger charge is -2.10. The molecule has 0 radical (unpaired) electrons. The van der Waals surface area contributed by atoms with Crippen molar-refractivity contribution in [2.45, 2.75) is 13.8 Å². The molecule has 27 heavy (non-hydrogen) atoms. The van der Waals surface area contributed by atoms with Crippen molar-refractivity contribution in [3.05, 3.63) is 23.5 Å². The highest BCUT2D eigenvalue weighted by molar-refractivity contribution is 5.92. The molecule has 10 nitrogen and oxygen atoms in total. The van der Waals surface area contributed by atoms with Gasteiger partial charge in [-0.2, -0.15) is 5.53 Å². The molecular weight excluding hydrogens is 358 g/mol. The third-order valence-corrected chi connectivity index (χ3v) is 3.00. The molecule has 2 N–H and O–H groups in total. The first-order chi connectivity index (χ1) is 13.1. The Bertz CT molecular complexity index is 574. The molecule has 0 aromatic carbocycles. The molecule has 0 aliphatic rings. The van der Waals surface area contributed by atoms with Crippen LogP contribution in [-0.4, -0.2) is 69.7 Å². The van der Waals surface area contributed by atoms with Gasteiger partial charge in [0.1, 0.15) is 18.9 Å². The van der Waals surface area contributed by atoms with Crippen LogP contribution in [0, 0.1) is 0 Å². The fourth-order valence-electron chi connectivity index (χ4n) is 1.87. The van der Waals surface area contributed by atoms with E-state index in [0.29, 0.717) is 38.7 Å². The smallest absolute Gasteiger partial charge is 0.357 e. The second-order valence-corrected chi connectivity index (χ2v) is 4.99. The minimum Gasteiger partial charge on any atom is -0.491 e. The maximum atomic E-state index is 11.9. The molecule has 0 unspecified atom stereocenters. The van der Waals surface area contributed by atoms with Crippen LogP contribution < -0.4 is 10.3 Å². The maximum absolute atomic E-state index is 11.9. The molecule has 1 aromatic heterocycles. The van der Waals surface area contributed by atoms with Gasteiger partial charge in [0, 0.05) is 12.1 Å². The number of nitrogens with two attached hydrogens (primary N) is 1. The molecule has 150 valence electrons. The number of rotatable bonds is 14. The molecule has 0 amide bonds. The van der Waals surface area contributed by atoms with Crippen LogP contribution in [0.3, 0.4) is 0 Å². The van der Waals surface area contributed by atoms with E-state index < -0.39 is 11.9 Å². The highest BCUT2D eigenvalue weighted by Crippen LogP contribution is 2.16. The Morgan fingerprint density at radius 2 is 1.44 bits per heavy atom. The summed E-state index contributed by atoms with van der Waals surface area (Å²) in [5, 5.41) is 3.42. The number of ether oxygens (including phenoxy) is 5. The Kier molecular flexibility index (Phi) is 11.3. The van der Waals surface area contributed by atoms with Gasteiger partial charge in [-0.05, 0) is 19.0 Å². The van der Waals surface area contributed by atoms with E-state index >= 15 is 0 Å². The second kappa shape index (κ2) is 13.6. The molecule has 0 aliphatic heterocycles. The summed E-state index contributed by atoms with van der Waals surface area (Å²) >= 11 is 0. The van der Waals surface area contributed by atoms with E-state index in [9.17, 15) is 9.59 Å². The number of pyridine rings is 1. The monoisotopic (exact) mass is 384 g/mol. The second-order valence-electron chi connectivity index (χ2n) is 4.99. The molecule has 0 saturated carbocycles. The predicted molar refractivity (Wildman–Crippen MR) is 92.5 cm³/mol. The van der Waals surface area contributed by atoms with E-state index in [4.69, 9.17) is 29.2 Å². The van der Waals surface area contributed by atoms with Gasteiger partial charge in [-0.3, -0.25) is 0 Å². The van der Waals surface area contributed by atoms with Gasteiger partial charge in [0.05, 0.1) is 39.6 Å². The number of nitrogens with zero attached hydrogens (tertiary/aromatic N) is 2. The number of carbonyl (C=O) groups excluding carboxylic acids is 2. The highest BCUT2D eigenvalue weighted by Gasteiger charge is 2.17. The number of esters is 2. The Labute approximate surface area is 157 Å². The van der Waals surface area contributed by atoms with Gasteiger partial charge in [-0.25, -0.2) is 14.6 Å². The zero-order valence-corrected chi connectivity index (χ0v) is 15.6. The molecule has 0 aliphatic carbocycles. The zero-order valence-electron chi connectivity index (χ0n) is 15.6. The maximum Gasteiger partial charge on any atom is 0.357 e. The van der Waals surface area contributed by atoms with Crippen LogP contribution in [0.2, 0.25) is 0 Å². The van der Waals surface area contributed by atoms with Gasteiger partial charge in [-0.1, -0.05) is 0 Å². The van der Waals surface area contributed by atoms with E-state index in [0.717, 1.165) is 0 Å². The van der Waals surface area contributed by atoms with Gasteiger partial charge < -0.3 is 23.7 Å². The van der Waals surface area contributed by atoms with Crippen LogP contribution in [-0.2, 0) is 18.9 Å². The van der Waals surface area contributed by atoms with Gasteiger partial charge in [0.25, 0.3) is 0 Å². The standard InChI is InChI=1S/C17H25N3O7/c1-3-25-16(21)14-11-13(12-15(20-14)17(22)26-4-2)27-10-9-24-8-7-23-6-5-19-18/h11-12,18H,3-10H2,1-2H3/p+1. The van der Waals surface area contributed by atoms with E-state index in [2.05, 4.69) is 10.1 Å². The third-order valence-electron chi connectivity index (χ3n) is 3.00. The summed E-state index contributed by atoms with van der Waals surface area (Å²) in [6, 6.07) is 2.81. The molecule has 1 rings (SSSR count). The van der Waals surface area contributed by atoms with Crippen molar-refractivity contribution >= 4 is 11.9 Å². The van der Waals surface area contributed by atoms with Gasteiger partial charge >= 0.3 is 11.9 Å². The Morgan fingerprint density at radius 1 is 0.926 bits per heavy atom. The molecule has 1 aromatic rings. The fourth-order valence-corrected chi connectivity index (χ4v) is 1.87. The molecular formula is C17H26N3O7+. The zero-order chi connectivity index (χ0) is 19.9. The van der Waals surface area contributed by atoms with Crippen molar-refractivity contribution in [2.24, 2.45) is 5.11 Å². The number of hydrogen-bond donors (Lipinski definition) is 1. The summed E-state index contributed by atoms with van der Waals surface area (Å²) in [7, 11) is 0. The molecule has 10 heteroatoms. The van der Waals surface area contributed by atoms with Crippen molar-refractivity contribution in [1.82, 2.24) is 4.98 Å². The van der Waals surface area contributed by atoms with E-state index in [1.165, 1.54) is 12.1 Å². The van der Waals surface area contributed by atoms with Crippen LogP contribution in [0.5, 0.6) is 5.75 Å². The first kappa shape index (κ1) is 22.5. The molecule has 0 saturated heterocycles. The summed E-state index contributed by atoms with van der Waals surface area (Å²) in [5.74, 6) is -1.00. The van der Waals surface area contributed by atoms with Crippen LogP contribution in [0.15, 0.2) is 17.2 Å². The summed E-state index contributed by atoms with van der Waals surface area (Å²) < 4.78 is 25.9. The van der Waals surface area contributed by atoms with Crippen LogP contribution in [0.4, 0.5) is 0 Å². The lowest BCUT2D eigenvalue weighted by atomic mass is 10.2. The fraction of sp³-hybridized carbons (Fsp3) is 0.588. The molecule has 0 spiro atoms. The van der Waals surface area contributed by atoms with E-state index in [-0.39, 0.29) is 31.2 Å². The van der Waals surface area contributed by atoms with Gasteiger partial charge in [0.15, 0.2) is 11.4 Å². The number of carbonyl (C=O) groups is 2. The summed E-state index contributed by atoms with van der Waals surface area (Å²) in [5.41, 5.74) is 4.93. The average molecular weight is 384 g/mol. The Hall–Kier alpha value is -2.59. The van der Waals surface area contributed by atoms with Crippen molar-refractivity contribution in [2.75, 3.05) is 52.8 Å². The predicted octanol–water partition coefficient (Wildman–Crippen LogP) is 0.0583. The lowest BCUT2D eigenvalue weighted by molar-refractivity contribution is -0.223. The van der Waals surface area contributed by atoms with Gasteiger partial charge in [-0.15, -0.1) is 0 Å². The van der Waals surface area contributed by atoms with Gasteiger partial charge in [0.2, 0.25) is 0 Å². The normalized spacial score (nSPS) is 10.3. The largest absolute Gasteiger partial charge is 0.491 e. The lowest BCUT2D eigenvalue weighted by Crippen LogP contribution is -2.25. The highest BCUT2D eigenvalue weighted by atomic mass is 16.5. The van der Waals surface area contributed by atoms with Crippen LogP contribution >= 0.6 is 0 Å². The van der Waals surface area contributed by atoms with Crippen molar-refractivity contribution in [1.29, 1.82) is 0 Å². The average Bonchev–Trinajstić information content (AvgIpc) is 2.67. The number of aromatic nitrogens is 1. The van der Waals surface area contributed by atoms with Crippen LogP contribution in [0.25, 0.3) is 0 Å². The summed E-state index contributed by atoms with van der Waals surface area (Å²) in [6.07, 6.45) is 0. The quantitative estimate of drug-likeness (QED) is 0.271. The van der Waals surface area contributed by atoms with Crippen molar-refractivity contribution in [3.63, 3.8) is 0 Å². The first-order valence-corrected chi connectivity index (χ1v) is 8.63. The summed E-state index contributed by atoms with van der Waals surface area (Å²) in [4.78, 5) is 27.8. The minimum absolute atomic E-state index is 0.0305. The third kappa shape index (κ3) is 9.06. The molecule has 0 atom stereocenters. The van der Waals surface area contributed by atoms with Crippen molar-refractivity contribution < 1.29 is 38.8 Å². The molecule has 0 fully saturated rings. The Morgan fingerprint density at radius 3 is 1.96 bits per heavy atom. The summed E-state index contributed by atoms with van der Waals surface area (Å²) in [6.45, 7) is 5.95. The van der Waals surface area contributed by atoms with Crippen LogP contribution in [0.1, 0.15) is 34.8 Å². The molecule has 0 bridgehead atoms. The minimum atomic E-state index is -0.647. The topological polar surface area (TPSA) is 131 Å². The SMILES string of the molecule is CCOC(=O)c1cc(OCCOCCOCCN=[NH2+])cc(C(=O)OCC)n1. The van der Waals surface area contributed by atoms with Crippen molar-refractivity contribution in [3.8, 4) is 5.75 Å². The number of hydrogen-bond acceptors (Lipinski definition) is 9. The van der Waals surface area contributed by atoms with E-state index in [1.54, 1.807) is 13.8 Å². The molecule has 1 heterocycles. The first-order valence-electron chi connectivity index (χ1n) is 8.63. The Balaban J connectivity index is 2.55.